The molecule has 4 rings (SSSR count). The SMILES string of the molecule is Cc1cc(C2=NC=C(c3nccc(NC4CCNCC4)n3)C2)ccc1Cl. The number of hydrogen-bond acceptors (Lipinski definition) is 5. The molecule has 0 spiro atoms. The zero-order valence-corrected chi connectivity index (χ0v) is 15.6. The van der Waals surface area contributed by atoms with Crippen molar-refractivity contribution in [2.45, 2.75) is 32.2 Å². The van der Waals surface area contributed by atoms with E-state index in [2.05, 4.69) is 26.7 Å². The lowest BCUT2D eigenvalue weighted by molar-refractivity contribution is 0.478. The van der Waals surface area contributed by atoms with Crippen LogP contribution < -0.4 is 10.6 Å². The first kappa shape index (κ1) is 17.2. The Morgan fingerprint density at radius 3 is 2.85 bits per heavy atom. The number of nitrogens with zero attached hydrogens (tertiary/aromatic N) is 3. The lowest BCUT2D eigenvalue weighted by Gasteiger charge is -2.24. The van der Waals surface area contributed by atoms with Crippen LogP contribution >= 0.6 is 11.6 Å². The number of allylic oxidation sites excluding steroid dienone is 1. The van der Waals surface area contributed by atoms with Crippen LogP contribution in [0.3, 0.4) is 0 Å². The molecule has 0 atom stereocenters. The van der Waals surface area contributed by atoms with Crippen LogP contribution in [0.1, 0.15) is 36.2 Å². The predicted molar refractivity (Wildman–Crippen MR) is 107 cm³/mol. The summed E-state index contributed by atoms with van der Waals surface area (Å²) in [5, 5.41) is 7.69. The first-order valence-corrected chi connectivity index (χ1v) is 9.40. The van der Waals surface area contributed by atoms with Crippen molar-refractivity contribution in [3.8, 4) is 0 Å². The average molecular weight is 368 g/mol. The molecule has 0 radical (unpaired) electrons. The lowest BCUT2D eigenvalue weighted by atomic mass is 10.0. The standard InChI is InChI=1S/C20H22ClN5/c1-13-10-14(2-3-17(13)21)18-11-15(12-24-18)20-23-9-6-19(26-20)25-16-4-7-22-8-5-16/h2-3,6,9-10,12,16,22H,4-5,7-8,11H2,1H3,(H,23,25,26). The van der Waals surface area contributed by atoms with E-state index < -0.39 is 0 Å². The zero-order valence-electron chi connectivity index (χ0n) is 14.8. The Hall–Kier alpha value is -2.24. The molecule has 0 unspecified atom stereocenters. The monoisotopic (exact) mass is 367 g/mol. The van der Waals surface area contributed by atoms with E-state index in [4.69, 9.17) is 16.6 Å². The second kappa shape index (κ2) is 7.56. The summed E-state index contributed by atoms with van der Waals surface area (Å²) in [4.78, 5) is 13.7. The maximum atomic E-state index is 6.13. The second-order valence-electron chi connectivity index (χ2n) is 6.80. The Labute approximate surface area is 158 Å². The number of nitrogens with one attached hydrogen (secondary N) is 2. The lowest BCUT2D eigenvalue weighted by Crippen LogP contribution is -2.35. The summed E-state index contributed by atoms with van der Waals surface area (Å²) < 4.78 is 0. The molecule has 134 valence electrons. The minimum Gasteiger partial charge on any atom is -0.367 e. The quantitative estimate of drug-likeness (QED) is 0.861. The molecule has 2 N–H and O–H groups in total. The van der Waals surface area contributed by atoms with Crippen molar-refractivity contribution in [3.63, 3.8) is 0 Å². The molecule has 3 heterocycles. The van der Waals surface area contributed by atoms with Crippen LogP contribution in [0.4, 0.5) is 5.82 Å². The van der Waals surface area contributed by atoms with Gasteiger partial charge in [0.25, 0.3) is 0 Å². The normalized spacial score (nSPS) is 17.8. The Balaban J connectivity index is 1.45. The van der Waals surface area contributed by atoms with Gasteiger partial charge in [-0.3, -0.25) is 4.99 Å². The molecule has 2 aromatic rings. The Bertz CT molecular complexity index is 868. The van der Waals surface area contributed by atoms with Crippen LogP contribution in [-0.2, 0) is 0 Å². The number of rotatable bonds is 4. The molecule has 6 heteroatoms. The van der Waals surface area contributed by atoms with Crippen LogP contribution in [0, 0.1) is 6.92 Å². The highest BCUT2D eigenvalue weighted by molar-refractivity contribution is 6.31. The first-order chi connectivity index (χ1) is 12.7. The highest BCUT2D eigenvalue weighted by atomic mass is 35.5. The molecule has 1 aromatic heterocycles. The maximum absolute atomic E-state index is 6.13. The number of benzene rings is 1. The molecule has 0 bridgehead atoms. The van der Waals surface area contributed by atoms with Crippen molar-refractivity contribution in [1.29, 1.82) is 0 Å². The van der Waals surface area contributed by atoms with E-state index >= 15 is 0 Å². The summed E-state index contributed by atoms with van der Waals surface area (Å²) in [6.07, 6.45) is 6.66. The number of halogens is 1. The van der Waals surface area contributed by atoms with Crippen LogP contribution in [0.25, 0.3) is 5.57 Å². The van der Waals surface area contributed by atoms with Crippen molar-refractivity contribution in [2.24, 2.45) is 4.99 Å². The number of aromatic nitrogens is 2. The van der Waals surface area contributed by atoms with E-state index in [1.54, 1.807) is 0 Å². The van der Waals surface area contributed by atoms with Crippen molar-refractivity contribution < 1.29 is 0 Å². The largest absolute Gasteiger partial charge is 0.367 e. The van der Waals surface area contributed by atoms with E-state index in [0.717, 1.165) is 71.4 Å². The third-order valence-electron chi connectivity index (χ3n) is 4.86. The third kappa shape index (κ3) is 3.79. The van der Waals surface area contributed by atoms with Crippen molar-refractivity contribution >= 4 is 28.7 Å². The fourth-order valence-electron chi connectivity index (χ4n) is 3.33. The summed E-state index contributed by atoms with van der Waals surface area (Å²) in [5.74, 6) is 1.63. The van der Waals surface area contributed by atoms with Gasteiger partial charge in [-0.25, -0.2) is 9.97 Å². The molecule has 1 saturated heterocycles. The molecule has 1 fully saturated rings. The molecule has 0 saturated carbocycles. The Morgan fingerprint density at radius 2 is 2.04 bits per heavy atom. The molecule has 2 aliphatic rings. The minimum atomic E-state index is 0.473. The highest BCUT2D eigenvalue weighted by Gasteiger charge is 2.18. The summed E-state index contributed by atoms with van der Waals surface area (Å²) in [6.45, 7) is 4.12. The van der Waals surface area contributed by atoms with Crippen LogP contribution in [0.15, 0.2) is 41.7 Å². The van der Waals surface area contributed by atoms with Crippen LogP contribution in [0.5, 0.6) is 0 Å². The van der Waals surface area contributed by atoms with E-state index in [1.165, 1.54) is 0 Å². The summed E-state index contributed by atoms with van der Waals surface area (Å²) in [7, 11) is 0. The van der Waals surface area contributed by atoms with E-state index in [9.17, 15) is 0 Å². The van der Waals surface area contributed by atoms with Crippen molar-refractivity contribution in [1.82, 2.24) is 15.3 Å². The Morgan fingerprint density at radius 1 is 1.19 bits per heavy atom. The van der Waals surface area contributed by atoms with Gasteiger partial charge in [0.05, 0.1) is 5.71 Å². The smallest absolute Gasteiger partial charge is 0.159 e. The molecule has 26 heavy (non-hydrogen) atoms. The predicted octanol–water partition coefficient (Wildman–Crippen LogP) is 3.84. The van der Waals surface area contributed by atoms with Gasteiger partial charge in [0.1, 0.15) is 5.82 Å². The number of hydrogen-bond donors (Lipinski definition) is 2. The molecule has 0 aliphatic carbocycles. The number of aryl methyl sites for hydroxylation is 1. The van der Waals surface area contributed by atoms with Gasteiger partial charge in [-0.05, 0) is 62.2 Å². The fourth-order valence-corrected chi connectivity index (χ4v) is 3.45. The van der Waals surface area contributed by atoms with Gasteiger partial charge >= 0.3 is 0 Å². The van der Waals surface area contributed by atoms with Crippen molar-refractivity contribution in [3.05, 3.63) is 58.6 Å². The first-order valence-electron chi connectivity index (χ1n) is 9.02. The summed E-state index contributed by atoms with van der Waals surface area (Å²) >= 11 is 6.13. The van der Waals surface area contributed by atoms with E-state index in [0.29, 0.717) is 6.04 Å². The van der Waals surface area contributed by atoms with Gasteiger partial charge < -0.3 is 10.6 Å². The second-order valence-corrected chi connectivity index (χ2v) is 7.21. The highest BCUT2D eigenvalue weighted by Crippen LogP contribution is 2.26. The van der Waals surface area contributed by atoms with Gasteiger partial charge in [0, 0.05) is 35.5 Å². The van der Waals surface area contributed by atoms with Crippen LogP contribution in [0.2, 0.25) is 5.02 Å². The Kier molecular flexibility index (Phi) is 5.00. The molecule has 2 aliphatic heterocycles. The van der Waals surface area contributed by atoms with Gasteiger partial charge in [-0.2, -0.15) is 0 Å². The van der Waals surface area contributed by atoms with Gasteiger partial charge in [-0.1, -0.05) is 17.7 Å². The fraction of sp³-hybridized carbons (Fsp3) is 0.350. The van der Waals surface area contributed by atoms with Crippen molar-refractivity contribution in [2.75, 3.05) is 18.4 Å². The van der Waals surface area contributed by atoms with Gasteiger partial charge in [-0.15, -0.1) is 0 Å². The summed E-state index contributed by atoms with van der Waals surface area (Å²) in [5.41, 5.74) is 4.23. The third-order valence-corrected chi connectivity index (χ3v) is 5.28. The van der Waals surface area contributed by atoms with E-state index in [-0.39, 0.29) is 0 Å². The van der Waals surface area contributed by atoms with Gasteiger partial charge in [0.2, 0.25) is 0 Å². The molecule has 5 nitrogen and oxygen atoms in total. The van der Waals surface area contributed by atoms with Crippen LogP contribution in [-0.4, -0.2) is 34.8 Å². The molecular weight excluding hydrogens is 346 g/mol. The maximum Gasteiger partial charge on any atom is 0.159 e. The average Bonchev–Trinajstić information content (AvgIpc) is 3.15. The topological polar surface area (TPSA) is 62.2 Å². The minimum absolute atomic E-state index is 0.473. The van der Waals surface area contributed by atoms with E-state index in [1.807, 2.05) is 37.5 Å². The zero-order chi connectivity index (χ0) is 17.9. The number of anilines is 1. The number of aliphatic imine (C=N–C) groups is 1. The molecule has 1 aromatic carbocycles. The number of piperidine rings is 1. The van der Waals surface area contributed by atoms with Gasteiger partial charge in [0.15, 0.2) is 5.82 Å². The molecule has 0 amide bonds. The summed E-state index contributed by atoms with van der Waals surface area (Å²) in [6, 6.07) is 8.42. The molecular formula is C20H22ClN5.